The van der Waals surface area contributed by atoms with Crippen molar-refractivity contribution in [3.8, 4) is 0 Å². The van der Waals surface area contributed by atoms with Crippen LogP contribution in [-0.2, 0) is 6.54 Å². The van der Waals surface area contributed by atoms with E-state index in [2.05, 4.69) is 5.32 Å². The van der Waals surface area contributed by atoms with Crippen LogP contribution in [0.4, 0.5) is 0 Å². The van der Waals surface area contributed by atoms with Crippen molar-refractivity contribution in [3.05, 3.63) is 46.5 Å². The van der Waals surface area contributed by atoms with E-state index < -0.39 is 0 Å². The minimum absolute atomic E-state index is 0.104. The molecule has 0 aliphatic rings. The summed E-state index contributed by atoms with van der Waals surface area (Å²) in [6.45, 7) is 0.571. The fourth-order valence-electron chi connectivity index (χ4n) is 1.08. The van der Waals surface area contributed by atoms with Gasteiger partial charge in [-0.05, 0) is 17.5 Å². The van der Waals surface area contributed by atoms with Gasteiger partial charge in [-0.15, -0.1) is 11.3 Å². The molecule has 14 heavy (non-hydrogen) atoms. The standard InChI is InChI=1S/C10H9NO2S/c12-10(8-3-4-13-7-8)11-6-9-2-1-5-14-9/h1-5,7H,6H2,(H,11,12). The number of hydrogen-bond donors (Lipinski definition) is 1. The van der Waals surface area contributed by atoms with Crippen LogP contribution in [0.5, 0.6) is 0 Å². The number of nitrogens with one attached hydrogen (secondary N) is 1. The van der Waals surface area contributed by atoms with Crippen LogP contribution in [0, 0.1) is 0 Å². The Balaban J connectivity index is 1.90. The summed E-state index contributed by atoms with van der Waals surface area (Å²) in [5.41, 5.74) is 0.557. The predicted molar refractivity (Wildman–Crippen MR) is 54.2 cm³/mol. The van der Waals surface area contributed by atoms with E-state index >= 15 is 0 Å². The molecule has 2 aromatic rings. The van der Waals surface area contributed by atoms with E-state index in [0.29, 0.717) is 12.1 Å². The second-order valence-corrected chi connectivity index (χ2v) is 3.81. The van der Waals surface area contributed by atoms with E-state index in [1.165, 1.54) is 12.5 Å². The van der Waals surface area contributed by atoms with Crippen molar-refractivity contribution in [1.29, 1.82) is 0 Å². The van der Waals surface area contributed by atoms with Crippen molar-refractivity contribution in [2.45, 2.75) is 6.54 Å². The molecule has 4 heteroatoms. The second kappa shape index (κ2) is 4.11. The number of carbonyl (C=O) groups is 1. The van der Waals surface area contributed by atoms with Gasteiger partial charge < -0.3 is 9.73 Å². The maximum absolute atomic E-state index is 11.4. The van der Waals surface area contributed by atoms with Crippen molar-refractivity contribution in [1.82, 2.24) is 5.32 Å². The Morgan fingerprint density at radius 2 is 2.43 bits per heavy atom. The van der Waals surface area contributed by atoms with Crippen molar-refractivity contribution in [2.75, 3.05) is 0 Å². The van der Waals surface area contributed by atoms with Crippen LogP contribution in [0.3, 0.4) is 0 Å². The van der Waals surface area contributed by atoms with Gasteiger partial charge in [-0.3, -0.25) is 4.79 Å². The Hall–Kier alpha value is -1.55. The lowest BCUT2D eigenvalue weighted by atomic mass is 10.3. The number of thiophene rings is 1. The van der Waals surface area contributed by atoms with Crippen LogP contribution < -0.4 is 5.32 Å². The monoisotopic (exact) mass is 207 g/mol. The van der Waals surface area contributed by atoms with Gasteiger partial charge in [0.2, 0.25) is 0 Å². The molecule has 0 radical (unpaired) electrons. The molecule has 0 spiro atoms. The lowest BCUT2D eigenvalue weighted by Crippen LogP contribution is -2.21. The molecule has 0 aliphatic carbocycles. The van der Waals surface area contributed by atoms with Gasteiger partial charge in [-0.2, -0.15) is 0 Å². The first-order valence-corrected chi connectivity index (χ1v) is 5.07. The van der Waals surface area contributed by atoms with Gasteiger partial charge in [0, 0.05) is 4.88 Å². The molecule has 1 N–H and O–H groups in total. The quantitative estimate of drug-likeness (QED) is 0.838. The third kappa shape index (κ3) is 2.03. The second-order valence-electron chi connectivity index (χ2n) is 2.77. The third-order valence-electron chi connectivity index (χ3n) is 1.79. The highest BCUT2D eigenvalue weighted by atomic mass is 32.1. The molecule has 0 bridgehead atoms. The molecular formula is C10H9NO2S. The van der Waals surface area contributed by atoms with Crippen LogP contribution in [0.15, 0.2) is 40.5 Å². The Morgan fingerprint density at radius 3 is 3.07 bits per heavy atom. The fourth-order valence-corrected chi connectivity index (χ4v) is 1.72. The SMILES string of the molecule is O=C(NCc1cccs1)c1ccoc1. The molecule has 0 atom stereocenters. The Morgan fingerprint density at radius 1 is 1.50 bits per heavy atom. The molecule has 2 heterocycles. The maximum Gasteiger partial charge on any atom is 0.254 e. The highest BCUT2D eigenvalue weighted by Crippen LogP contribution is 2.08. The number of furan rings is 1. The van der Waals surface area contributed by atoms with E-state index in [1.807, 2.05) is 17.5 Å². The molecule has 0 unspecified atom stereocenters. The summed E-state index contributed by atoms with van der Waals surface area (Å²) in [4.78, 5) is 12.6. The summed E-state index contributed by atoms with van der Waals surface area (Å²) in [5, 5.41) is 4.78. The zero-order valence-electron chi connectivity index (χ0n) is 7.40. The minimum Gasteiger partial charge on any atom is -0.472 e. The highest BCUT2D eigenvalue weighted by Gasteiger charge is 2.05. The van der Waals surface area contributed by atoms with E-state index in [0.717, 1.165) is 4.88 Å². The molecule has 0 saturated carbocycles. The van der Waals surface area contributed by atoms with Crippen LogP contribution >= 0.6 is 11.3 Å². The average molecular weight is 207 g/mol. The molecule has 2 rings (SSSR count). The first kappa shape index (κ1) is 9.02. The van der Waals surface area contributed by atoms with Crippen LogP contribution in [0.1, 0.15) is 15.2 Å². The minimum atomic E-state index is -0.104. The van der Waals surface area contributed by atoms with Gasteiger partial charge in [-0.25, -0.2) is 0 Å². The van der Waals surface area contributed by atoms with Crippen molar-refractivity contribution >= 4 is 17.2 Å². The molecule has 0 aromatic carbocycles. The van der Waals surface area contributed by atoms with Crippen LogP contribution in [-0.4, -0.2) is 5.91 Å². The largest absolute Gasteiger partial charge is 0.472 e. The normalized spacial score (nSPS) is 10.0. The zero-order chi connectivity index (χ0) is 9.80. The van der Waals surface area contributed by atoms with Gasteiger partial charge in [0.1, 0.15) is 6.26 Å². The van der Waals surface area contributed by atoms with Gasteiger partial charge in [0.25, 0.3) is 5.91 Å². The third-order valence-corrected chi connectivity index (χ3v) is 2.66. The topological polar surface area (TPSA) is 42.2 Å². The van der Waals surface area contributed by atoms with E-state index in [4.69, 9.17) is 4.42 Å². The van der Waals surface area contributed by atoms with Crippen LogP contribution in [0.2, 0.25) is 0 Å². The van der Waals surface area contributed by atoms with Gasteiger partial charge in [0.05, 0.1) is 18.4 Å². The first-order chi connectivity index (χ1) is 6.86. The maximum atomic E-state index is 11.4. The summed E-state index contributed by atoms with van der Waals surface area (Å²) >= 11 is 1.62. The summed E-state index contributed by atoms with van der Waals surface area (Å²) in [6.07, 6.45) is 2.92. The first-order valence-electron chi connectivity index (χ1n) is 4.19. The molecule has 2 aromatic heterocycles. The van der Waals surface area contributed by atoms with E-state index in [-0.39, 0.29) is 5.91 Å². The Labute approximate surface area is 85.4 Å². The number of rotatable bonds is 3. The van der Waals surface area contributed by atoms with Crippen molar-refractivity contribution in [2.24, 2.45) is 0 Å². The molecular weight excluding hydrogens is 198 g/mol. The molecule has 0 aliphatic heterocycles. The summed E-state index contributed by atoms with van der Waals surface area (Å²) in [7, 11) is 0. The number of carbonyl (C=O) groups excluding carboxylic acids is 1. The zero-order valence-corrected chi connectivity index (χ0v) is 8.21. The summed E-state index contributed by atoms with van der Waals surface area (Å²) in [6, 6.07) is 5.59. The average Bonchev–Trinajstić information content (AvgIpc) is 2.87. The van der Waals surface area contributed by atoms with Crippen molar-refractivity contribution < 1.29 is 9.21 Å². The van der Waals surface area contributed by atoms with Crippen molar-refractivity contribution in [3.63, 3.8) is 0 Å². The predicted octanol–water partition coefficient (Wildman–Crippen LogP) is 2.27. The molecule has 0 saturated heterocycles. The van der Waals surface area contributed by atoms with Gasteiger partial charge >= 0.3 is 0 Å². The molecule has 3 nitrogen and oxygen atoms in total. The lowest BCUT2D eigenvalue weighted by molar-refractivity contribution is 0.0950. The highest BCUT2D eigenvalue weighted by molar-refractivity contribution is 7.09. The summed E-state index contributed by atoms with van der Waals surface area (Å²) < 4.78 is 4.81. The van der Waals surface area contributed by atoms with E-state index in [9.17, 15) is 4.79 Å². The number of hydrogen-bond acceptors (Lipinski definition) is 3. The van der Waals surface area contributed by atoms with Crippen LogP contribution in [0.25, 0.3) is 0 Å². The van der Waals surface area contributed by atoms with Gasteiger partial charge in [-0.1, -0.05) is 6.07 Å². The van der Waals surface area contributed by atoms with Gasteiger partial charge in [0.15, 0.2) is 0 Å². The molecule has 72 valence electrons. The number of amides is 1. The summed E-state index contributed by atoms with van der Waals surface area (Å²) in [5.74, 6) is -0.104. The lowest BCUT2D eigenvalue weighted by Gasteiger charge is -1.99. The Kier molecular flexibility index (Phi) is 2.65. The Bertz CT molecular complexity index is 392. The molecule has 1 amide bonds. The fraction of sp³-hybridized carbons (Fsp3) is 0.100. The van der Waals surface area contributed by atoms with E-state index in [1.54, 1.807) is 17.4 Å². The smallest absolute Gasteiger partial charge is 0.254 e. The molecule has 0 fully saturated rings.